The van der Waals surface area contributed by atoms with Gasteiger partial charge >= 0.3 is 5.97 Å². The van der Waals surface area contributed by atoms with Crippen LogP contribution in [0.15, 0.2) is 28.8 Å². The summed E-state index contributed by atoms with van der Waals surface area (Å²) >= 11 is 0. The minimum Gasteiger partial charge on any atom is -0.480 e. The van der Waals surface area contributed by atoms with Crippen molar-refractivity contribution in [2.24, 2.45) is 0 Å². The van der Waals surface area contributed by atoms with E-state index in [0.717, 1.165) is 12.0 Å². The normalized spacial score (nSPS) is 12.5. The smallest absolute Gasteiger partial charge is 0.320 e. The van der Waals surface area contributed by atoms with Crippen LogP contribution in [0.1, 0.15) is 51.0 Å². The van der Waals surface area contributed by atoms with Gasteiger partial charge in [-0.2, -0.15) is 4.98 Å². The monoisotopic (exact) mass is 317 g/mol. The molecule has 2 N–H and O–H groups in total. The van der Waals surface area contributed by atoms with Crippen LogP contribution in [0.25, 0.3) is 11.4 Å². The number of carboxylic acid groups (broad SMARTS) is 1. The van der Waals surface area contributed by atoms with Crippen LogP contribution in [0.5, 0.6) is 0 Å². The Morgan fingerprint density at radius 1 is 1.30 bits per heavy atom. The van der Waals surface area contributed by atoms with Crippen LogP contribution < -0.4 is 5.32 Å². The van der Waals surface area contributed by atoms with Crippen molar-refractivity contribution in [3.63, 3.8) is 0 Å². The highest BCUT2D eigenvalue weighted by Crippen LogP contribution is 2.20. The highest BCUT2D eigenvalue weighted by Gasteiger charge is 2.17. The van der Waals surface area contributed by atoms with E-state index < -0.39 is 12.0 Å². The van der Waals surface area contributed by atoms with E-state index in [1.54, 1.807) is 0 Å². The van der Waals surface area contributed by atoms with Crippen molar-refractivity contribution in [3.8, 4) is 11.4 Å². The van der Waals surface area contributed by atoms with Gasteiger partial charge in [0.2, 0.25) is 11.7 Å². The number of nitrogens with zero attached hydrogens (tertiary/aromatic N) is 2. The zero-order chi connectivity index (χ0) is 16.8. The molecule has 0 bridgehead atoms. The van der Waals surface area contributed by atoms with Crippen molar-refractivity contribution in [2.45, 2.75) is 52.1 Å². The Hall–Kier alpha value is -2.21. The predicted molar refractivity (Wildman–Crippen MR) is 87.0 cm³/mol. The lowest BCUT2D eigenvalue weighted by Gasteiger charge is -2.11. The van der Waals surface area contributed by atoms with E-state index in [-0.39, 0.29) is 6.54 Å². The average molecular weight is 317 g/mol. The molecule has 0 amide bonds. The number of carboxylic acids is 1. The SMILES string of the molecule is CCCC(NCc1nc(-c2ccc(C(C)C)cc2)no1)C(=O)O. The van der Waals surface area contributed by atoms with Gasteiger partial charge in [-0.3, -0.25) is 10.1 Å². The molecule has 6 heteroatoms. The molecule has 0 saturated heterocycles. The summed E-state index contributed by atoms with van der Waals surface area (Å²) < 4.78 is 5.19. The molecule has 1 aromatic carbocycles. The summed E-state index contributed by atoms with van der Waals surface area (Å²) in [6, 6.07) is 7.44. The van der Waals surface area contributed by atoms with Gasteiger partial charge in [0, 0.05) is 5.56 Å². The first-order chi connectivity index (χ1) is 11.0. The molecule has 6 nitrogen and oxygen atoms in total. The van der Waals surface area contributed by atoms with E-state index in [0.29, 0.717) is 24.1 Å². The Kier molecular flexibility index (Phi) is 5.87. The van der Waals surface area contributed by atoms with Crippen molar-refractivity contribution in [1.29, 1.82) is 0 Å². The fraction of sp³-hybridized carbons (Fsp3) is 0.471. The van der Waals surface area contributed by atoms with Crippen molar-refractivity contribution >= 4 is 5.97 Å². The summed E-state index contributed by atoms with van der Waals surface area (Å²) in [5, 5.41) is 16.0. The second kappa shape index (κ2) is 7.87. The lowest BCUT2D eigenvalue weighted by molar-refractivity contribution is -0.139. The summed E-state index contributed by atoms with van der Waals surface area (Å²) in [6.45, 7) is 6.47. The quantitative estimate of drug-likeness (QED) is 0.777. The molecular weight excluding hydrogens is 294 g/mol. The van der Waals surface area contributed by atoms with E-state index in [2.05, 4.69) is 41.4 Å². The molecule has 0 spiro atoms. The average Bonchev–Trinajstić information content (AvgIpc) is 3.00. The zero-order valence-corrected chi connectivity index (χ0v) is 13.7. The molecular formula is C17H23N3O3. The Labute approximate surface area is 135 Å². The van der Waals surface area contributed by atoms with E-state index in [1.807, 2.05) is 19.1 Å². The number of hydrogen-bond donors (Lipinski definition) is 2. The van der Waals surface area contributed by atoms with Crippen LogP contribution >= 0.6 is 0 Å². The summed E-state index contributed by atoms with van der Waals surface area (Å²) in [6.07, 6.45) is 1.36. The number of benzene rings is 1. The zero-order valence-electron chi connectivity index (χ0n) is 13.7. The van der Waals surface area contributed by atoms with Gasteiger partial charge in [-0.1, -0.05) is 56.6 Å². The topological polar surface area (TPSA) is 88.3 Å². The Balaban J connectivity index is 2.01. The van der Waals surface area contributed by atoms with E-state index in [4.69, 9.17) is 9.63 Å². The summed E-state index contributed by atoms with van der Waals surface area (Å²) in [7, 11) is 0. The van der Waals surface area contributed by atoms with Gasteiger partial charge in [0.1, 0.15) is 6.04 Å². The van der Waals surface area contributed by atoms with Gasteiger partial charge in [-0.05, 0) is 17.9 Å². The Morgan fingerprint density at radius 3 is 2.57 bits per heavy atom. The molecule has 0 aliphatic heterocycles. The maximum absolute atomic E-state index is 11.1. The van der Waals surface area contributed by atoms with Gasteiger partial charge in [0.25, 0.3) is 0 Å². The molecule has 23 heavy (non-hydrogen) atoms. The number of aromatic nitrogens is 2. The molecule has 1 atom stereocenters. The van der Waals surface area contributed by atoms with Crippen molar-refractivity contribution in [2.75, 3.05) is 0 Å². The van der Waals surface area contributed by atoms with E-state index >= 15 is 0 Å². The molecule has 1 heterocycles. The van der Waals surface area contributed by atoms with Gasteiger partial charge in [-0.25, -0.2) is 0 Å². The molecule has 124 valence electrons. The fourth-order valence-electron chi connectivity index (χ4n) is 2.27. The molecule has 0 aliphatic carbocycles. The minimum absolute atomic E-state index is 0.244. The summed E-state index contributed by atoms with van der Waals surface area (Å²) in [5.41, 5.74) is 2.13. The Morgan fingerprint density at radius 2 is 2.00 bits per heavy atom. The van der Waals surface area contributed by atoms with Crippen LogP contribution in [0.3, 0.4) is 0 Å². The van der Waals surface area contributed by atoms with Crippen LogP contribution in [-0.4, -0.2) is 27.3 Å². The second-order valence-corrected chi connectivity index (χ2v) is 5.85. The summed E-state index contributed by atoms with van der Waals surface area (Å²) in [5.74, 6) is 0.506. The first-order valence-corrected chi connectivity index (χ1v) is 7.90. The van der Waals surface area contributed by atoms with Crippen LogP contribution in [-0.2, 0) is 11.3 Å². The molecule has 1 aromatic heterocycles. The predicted octanol–water partition coefficient (Wildman–Crippen LogP) is 3.20. The van der Waals surface area contributed by atoms with Crippen molar-refractivity contribution in [1.82, 2.24) is 15.5 Å². The maximum Gasteiger partial charge on any atom is 0.320 e. The number of hydrogen-bond acceptors (Lipinski definition) is 5. The van der Waals surface area contributed by atoms with Crippen LogP contribution in [0, 0.1) is 0 Å². The summed E-state index contributed by atoms with van der Waals surface area (Å²) in [4.78, 5) is 15.4. The van der Waals surface area contributed by atoms with Crippen molar-refractivity contribution in [3.05, 3.63) is 35.7 Å². The number of rotatable bonds is 8. The molecule has 0 aliphatic rings. The third-order valence-electron chi connectivity index (χ3n) is 3.68. The standard InChI is InChI=1S/C17H23N3O3/c1-4-5-14(17(21)22)18-10-15-19-16(20-23-15)13-8-6-12(7-9-13)11(2)3/h6-9,11,14,18H,4-5,10H2,1-3H3,(H,21,22). The third kappa shape index (κ3) is 4.63. The molecule has 0 saturated carbocycles. The highest BCUT2D eigenvalue weighted by atomic mass is 16.5. The van der Waals surface area contributed by atoms with Gasteiger partial charge in [0.05, 0.1) is 6.54 Å². The van der Waals surface area contributed by atoms with Gasteiger partial charge < -0.3 is 9.63 Å². The van der Waals surface area contributed by atoms with E-state index in [9.17, 15) is 4.79 Å². The highest BCUT2D eigenvalue weighted by molar-refractivity contribution is 5.73. The lowest BCUT2D eigenvalue weighted by atomic mass is 10.0. The first kappa shape index (κ1) is 17.1. The number of nitrogens with one attached hydrogen (secondary N) is 1. The third-order valence-corrected chi connectivity index (χ3v) is 3.68. The van der Waals surface area contributed by atoms with Crippen molar-refractivity contribution < 1.29 is 14.4 Å². The van der Waals surface area contributed by atoms with Crippen LogP contribution in [0.2, 0.25) is 0 Å². The molecule has 1 unspecified atom stereocenters. The fourth-order valence-corrected chi connectivity index (χ4v) is 2.27. The van der Waals surface area contributed by atoms with Crippen LogP contribution in [0.4, 0.5) is 0 Å². The second-order valence-electron chi connectivity index (χ2n) is 5.85. The Bertz CT molecular complexity index is 635. The minimum atomic E-state index is -0.865. The molecule has 2 rings (SSSR count). The lowest BCUT2D eigenvalue weighted by Crippen LogP contribution is -2.36. The van der Waals surface area contributed by atoms with Gasteiger partial charge in [0.15, 0.2) is 0 Å². The maximum atomic E-state index is 11.1. The van der Waals surface area contributed by atoms with E-state index in [1.165, 1.54) is 5.56 Å². The number of carbonyl (C=O) groups is 1. The molecule has 0 fully saturated rings. The molecule has 0 radical (unpaired) electrons. The number of aliphatic carboxylic acids is 1. The largest absolute Gasteiger partial charge is 0.480 e. The first-order valence-electron chi connectivity index (χ1n) is 7.90. The molecule has 2 aromatic rings. The van der Waals surface area contributed by atoms with Gasteiger partial charge in [-0.15, -0.1) is 0 Å².